The minimum absolute atomic E-state index is 0.0357. The Morgan fingerprint density at radius 1 is 0.964 bits per heavy atom. The molecule has 1 saturated heterocycles. The van der Waals surface area contributed by atoms with Crippen LogP contribution < -0.4 is 0 Å². The van der Waals surface area contributed by atoms with Crippen LogP contribution in [0.3, 0.4) is 0 Å². The fourth-order valence-electron chi connectivity index (χ4n) is 3.10. The van der Waals surface area contributed by atoms with E-state index in [9.17, 15) is 18.8 Å². The van der Waals surface area contributed by atoms with E-state index in [4.69, 9.17) is 0 Å². The van der Waals surface area contributed by atoms with Crippen molar-refractivity contribution in [3.8, 4) is 0 Å². The van der Waals surface area contributed by atoms with Crippen LogP contribution in [0.4, 0.5) is 4.39 Å². The quantitative estimate of drug-likeness (QED) is 0.760. The summed E-state index contributed by atoms with van der Waals surface area (Å²) in [4.78, 5) is 39.9. The summed E-state index contributed by atoms with van der Waals surface area (Å²) in [7, 11) is 1.32. The molecule has 0 bridgehead atoms. The van der Waals surface area contributed by atoms with Gasteiger partial charge in [0.2, 0.25) is 5.91 Å². The van der Waals surface area contributed by atoms with Gasteiger partial charge in [0, 0.05) is 38.2 Å². The molecule has 2 aromatic rings. The lowest BCUT2D eigenvalue weighted by Gasteiger charge is -2.22. The fourth-order valence-corrected chi connectivity index (χ4v) is 3.10. The molecule has 146 valence electrons. The molecule has 0 N–H and O–H groups in total. The Labute approximate surface area is 162 Å². The zero-order valence-corrected chi connectivity index (χ0v) is 15.6. The zero-order chi connectivity index (χ0) is 20.1. The Bertz CT molecular complexity index is 865. The smallest absolute Gasteiger partial charge is 0.337 e. The lowest BCUT2D eigenvalue weighted by atomic mass is 10.1. The number of methoxy groups -OCH3 is 1. The van der Waals surface area contributed by atoms with Crippen molar-refractivity contribution >= 4 is 17.8 Å². The number of halogens is 1. The molecule has 0 aromatic heterocycles. The summed E-state index contributed by atoms with van der Waals surface area (Å²) in [5.41, 5.74) is 1.74. The van der Waals surface area contributed by atoms with Crippen LogP contribution in [-0.4, -0.2) is 54.3 Å². The SMILES string of the molecule is COC(=O)c1ccc(CN2CCN(C(=O)c3ccc(F)cc3)CCC2=O)cc1. The first-order valence-electron chi connectivity index (χ1n) is 8.98. The molecule has 1 aliphatic rings. The van der Waals surface area contributed by atoms with Crippen molar-refractivity contribution in [2.45, 2.75) is 13.0 Å². The van der Waals surface area contributed by atoms with E-state index in [1.807, 2.05) is 0 Å². The molecule has 0 aliphatic carbocycles. The van der Waals surface area contributed by atoms with E-state index in [1.54, 1.807) is 34.1 Å². The Morgan fingerprint density at radius 3 is 2.25 bits per heavy atom. The summed E-state index contributed by atoms with van der Waals surface area (Å²) in [5.74, 6) is -1.05. The van der Waals surface area contributed by atoms with Crippen molar-refractivity contribution in [3.05, 3.63) is 71.0 Å². The normalized spacial score (nSPS) is 14.6. The second-order valence-corrected chi connectivity index (χ2v) is 6.55. The molecule has 1 aliphatic heterocycles. The average Bonchev–Trinajstić information content (AvgIpc) is 2.90. The van der Waals surface area contributed by atoms with E-state index in [1.165, 1.54) is 31.4 Å². The lowest BCUT2D eigenvalue weighted by Crippen LogP contribution is -2.35. The molecule has 0 saturated carbocycles. The van der Waals surface area contributed by atoms with E-state index in [0.717, 1.165) is 5.56 Å². The zero-order valence-electron chi connectivity index (χ0n) is 15.6. The molecule has 2 amide bonds. The first kappa shape index (κ1) is 19.5. The van der Waals surface area contributed by atoms with Gasteiger partial charge < -0.3 is 14.5 Å². The third-order valence-electron chi connectivity index (χ3n) is 4.71. The molecule has 3 rings (SSSR count). The number of benzene rings is 2. The Morgan fingerprint density at radius 2 is 1.61 bits per heavy atom. The van der Waals surface area contributed by atoms with Gasteiger partial charge in [-0.1, -0.05) is 12.1 Å². The predicted octanol–water partition coefficient (Wildman–Crippen LogP) is 2.49. The van der Waals surface area contributed by atoms with Gasteiger partial charge >= 0.3 is 5.97 Å². The summed E-state index contributed by atoms with van der Waals surface area (Å²) in [5, 5.41) is 0. The molecular formula is C21H21FN2O4. The highest BCUT2D eigenvalue weighted by Crippen LogP contribution is 2.14. The number of amides is 2. The predicted molar refractivity (Wildman–Crippen MR) is 100 cm³/mol. The maximum atomic E-state index is 13.1. The number of nitrogens with zero attached hydrogens (tertiary/aromatic N) is 2. The molecule has 2 aromatic carbocycles. The van der Waals surface area contributed by atoms with Crippen molar-refractivity contribution in [1.29, 1.82) is 0 Å². The molecular weight excluding hydrogens is 363 g/mol. The number of hydrogen-bond donors (Lipinski definition) is 0. The first-order valence-corrected chi connectivity index (χ1v) is 8.98. The van der Waals surface area contributed by atoms with Crippen LogP contribution in [0, 0.1) is 5.82 Å². The third kappa shape index (κ3) is 4.54. The van der Waals surface area contributed by atoms with E-state index >= 15 is 0 Å². The van der Waals surface area contributed by atoms with Crippen molar-refractivity contribution in [1.82, 2.24) is 9.80 Å². The first-order chi connectivity index (χ1) is 13.5. The number of hydrogen-bond acceptors (Lipinski definition) is 4. The minimum atomic E-state index is -0.410. The van der Waals surface area contributed by atoms with E-state index < -0.39 is 11.8 Å². The highest BCUT2D eigenvalue weighted by Gasteiger charge is 2.24. The summed E-state index contributed by atoms with van der Waals surface area (Å²) in [6, 6.07) is 12.3. The summed E-state index contributed by atoms with van der Waals surface area (Å²) in [6.45, 7) is 1.54. The van der Waals surface area contributed by atoms with Gasteiger partial charge in [-0.15, -0.1) is 0 Å². The van der Waals surface area contributed by atoms with Crippen molar-refractivity contribution in [2.24, 2.45) is 0 Å². The van der Waals surface area contributed by atoms with E-state index in [0.29, 0.717) is 37.3 Å². The van der Waals surface area contributed by atoms with Gasteiger partial charge in [0.1, 0.15) is 5.82 Å². The van der Waals surface area contributed by atoms with Crippen LogP contribution >= 0.6 is 0 Å². The topological polar surface area (TPSA) is 66.9 Å². The lowest BCUT2D eigenvalue weighted by molar-refractivity contribution is -0.130. The van der Waals surface area contributed by atoms with Gasteiger partial charge in [-0.25, -0.2) is 9.18 Å². The molecule has 7 heteroatoms. The number of carbonyl (C=O) groups is 3. The summed E-state index contributed by atoms with van der Waals surface area (Å²) >= 11 is 0. The van der Waals surface area contributed by atoms with Gasteiger partial charge in [-0.3, -0.25) is 9.59 Å². The molecule has 1 fully saturated rings. The molecule has 1 heterocycles. The molecule has 6 nitrogen and oxygen atoms in total. The maximum absolute atomic E-state index is 13.1. The number of ether oxygens (including phenoxy) is 1. The second kappa shape index (κ2) is 8.65. The van der Waals surface area contributed by atoms with Crippen molar-refractivity contribution in [3.63, 3.8) is 0 Å². The van der Waals surface area contributed by atoms with Crippen LogP contribution in [0.25, 0.3) is 0 Å². The monoisotopic (exact) mass is 384 g/mol. The van der Waals surface area contributed by atoms with Gasteiger partial charge in [-0.05, 0) is 42.0 Å². The van der Waals surface area contributed by atoms with Crippen LogP contribution in [0.5, 0.6) is 0 Å². The Balaban J connectivity index is 1.63. The fraction of sp³-hybridized carbons (Fsp3) is 0.286. The van der Waals surface area contributed by atoms with Crippen LogP contribution in [0.2, 0.25) is 0 Å². The second-order valence-electron chi connectivity index (χ2n) is 6.55. The van der Waals surface area contributed by atoms with Crippen LogP contribution in [0.1, 0.15) is 32.7 Å². The number of esters is 1. The van der Waals surface area contributed by atoms with Gasteiger partial charge in [-0.2, -0.15) is 0 Å². The largest absolute Gasteiger partial charge is 0.465 e. The summed E-state index contributed by atoms with van der Waals surface area (Å²) in [6.07, 6.45) is 0.229. The van der Waals surface area contributed by atoms with E-state index in [2.05, 4.69) is 4.74 Å². The van der Waals surface area contributed by atoms with Gasteiger partial charge in [0.05, 0.1) is 12.7 Å². The van der Waals surface area contributed by atoms with Gasteiger partial charge in [0.15, 0.2) is 0 Å². The summed E-state index contributed by atoms with van der Waals surface area (Å²) < 4.78 is 17.7. The number of carbonyl (C=O) groups excluding carboxylic acids is 3. The van der Waals surface area contributed by atoms with Crippen molar-refractivity contribution < 1.29 is 23.5 Å². The molecule has 0 unspecified atom stereocenters. The molecule has 28 heavy (non-hydrogen) atoms. The third-order valence-corrected chi connectivity index (χ3v) is 4.71. The van der Waals surface area contributed by atoms with Crippen LogP contribution in [0.15, 0.2) is 48.5 Å². The maximum Gasteiger partial charge on any atom is 0.337 e. The van der Waals surface area contributed by atoms with Crippen molar-refractivity contribution in [2.75, 3.05) is 26.7 Å². The standard InChI is InChI=1S/C21H21FN2O4/c1-28-21(27)17-4-2-15(3-5-17)14-24-13-12-23(11-10-19(24)25)20(26)16-6-8-18(22)9-7-16/h2-9H,10-14H2,1H3. The molecule has 0 atom stereocenters. The Kier molecular flexibility index (Phi) is 6.03. The minimum Gasteiger partial charge on any atom is -0.465 e. The Hall–Kier alpha value is -3.22. The molecule has 0 spiro atoms. The van der Waals surface area contributed by atoms with E-state index in [-0.39, 0.29) is 18.2 Å². The van der Waals surface area contributed by atoms with Crippen LogP contribution in [-0.2, 0) is 16.1 Å². The van der Waals surface area contributed by atoms with Gasteiger partial charge in [0.25, 0.3) is 5.91 Å². The highest BCUT2D eigenvalue weighted by atomic mass is 19.1. The molecule has 0 radical (unpaired) electrons. The average molecular weight is 384 g/mol. The number of rotatable bonds is 4. The highest BCUT2D eigenvalue weighted by molar-refractivity contribution is 5.94.